The van der Waals surface area contributed by atoms with Crippen molar-refractivity contribution in [1.29, 1.82) is 0 Å². The first-order valence-corrected chi connectivity index (χ1v) is 15.4. The molecule has 40 heavy (non-hydrogen) atoms. The molecular formula is C27H30FN3O7S2. The molecule has 0 aliphatic carbocycles. The second-order valence-corrected chi connectivity index (χ2v) is 12.7. The van der Waals surface area contributed by atoms with Crippen LogP contribution >= 0.6 is 0 Å². The van der Waals surface area contributed by atoms with E-state index in [1.54, 1.807) is 12.1 Å². The van der Waals surface area contributed by atoms with Gasteiger partial charge >= 0.3 is 0 Å². The first-order valence-electron chi connectivity index (χ1n) is 12.5. The number of methoxy groups -OCH3 is 1. The van der Waals surface area contributed by atoms with Crippen molar-refractivity contribution in [3.05, 3.63) is 78.6 Å². The van der Waals surface area contributed by atoms with Crippen molar-refractivity contribution in [2.75, 3.05) is 44.2 Å². The molecule has 10 nitrogen and oxygen atoms in total. The van der Waals surface area contributed by atoms with E-state index in [1.165, 1.54) is 59.9 Å². The first kappa shape index (κ1) is 29.3. The highest BCUT2D eigenvalue weighted by Crippen LogP contribution is 2.26. The number of sulfonamides is 2. The second-order valence-electron chi connectivity index (χ2n) is 8.94. The van der Waals surface area contributed by atoms with Crippen LogP contribution in [-0.2, 0) is 24.8 Å². The minimum Gasteiger partial charge on any atom is -0.497 e. The monoisotopic (exact) mass is 591 g/mol. The predicted octanol–water partition coefficient (Wildman–Crippen LogP) is 3.01. The lowest BCUT2D eigenvalue weighted by atomic mass is 10.3. The van der Waals surface area contributed by atoms with Crippen LogP contribution in [-0.4, -0.2) is 66.9 Å². The van der Waals surface area contributed by atoms with E-state index in [1.807, 2.05) is 0 Å². The average molecular weight is 592 g/mol. The summed E-state index contributed by atoms with van der Waals surface area (Å²) in [6, 6.07) is 16.5. The molecule has 3 aromatic carbocycles. The Kier molecular flexibility index (Phi) is 9.28. The van der Waals surface area contributed by atoms with Crippen LogP contribution in [0.2, 0.25) is 0 Å². The third-order valence-electron chi connectivity index (χ3n) is 6.27. The molecule has 0 aromatic heterocycles. The van der Waals surface area contributed by atoms with E-state index in [4.69, 9.17) is 9.47 Å². The summed E-state index contributed by atoms with van der Waals surface area (Å²) in [7, 11) is -6.24. The average Bonchev–Trinajstić information content (AvgIpc) is 3.51. The Morgan fingerprint density at radius 2 is 1.45 bits per heavy atom. The lowest BCUT2D eigenvalue weighted by molar-refractivity contribution is -0.119. The van der Waals surface area contributed by atoms with Crippen molar-refractivity contribution in [3.8, 4) is 11.5 Å². The highest BCUT2D eigenvalue weighted by molar-refractivity contribution is 7.92. The molecule has 1 N–H and O–H groups in total. The molecule has 1 saturated heterocycles. The largest absolute Gasteiger partial charge is 0.497 e. The quantitative estimate of drug-likeness (QED) is 0.321. The molecule has 1 aliphatic rings. The number of halogens is 1. The van der Waals surface area contributed by atoms with Crippen molar-refractivity contribution < 1.29 is 35.5 Å². The third kappa shape index (κ3) is 6.90. The van der Waals surface area contributed by atoms with E-state index in [9.17, 15) is 26.0 Å². The number of hydrogen-bond donors (Lipinski definition) is 1. The number of nitrogens with zero attached hydrogens (tertiary/aromatic N) is 2. The molecule has 1 aliphatic heterocycles. The maximum Gasteiger partial charge on any atom is 0.264 e. The van der Waals surface area contributed by atoms with E-state index in [0.717, 1.165) is 29.3 Å². The molecule has 1 amide bonds. The summed E-state index contributed by atoms with van der Waals surface area (Å²) < 4.78 is 78.6. The van der Waals surface area contributed by atoms with Gasteiger partial charge in [-0.05, 0) is 85.6 Å². The van der Waals surface area contributed by atoms with E-state index in [2.05, 4.69) is 5.32 Å². The number of rotatable bonds is 12. The maximum absolute atomic E-state index is 13.5. The molecule has 0 atom stereocenters. The summed E-state index contributed by atoms with van der Waals surface area (Å²) >= 11 is 0. The van der Waals surface area contributed by atoms with Crippen LogP contribution in [0.4, 0.5) is 10.1 Å². The van der Waals surface area contributed by atoms with Crippen molar-refractivity contribution in [3.63, 3.8) is 0 Å². The van der Waals surface area contributed by atoms with Gasteiger partial charge in [-0.15, -0.1) is 0 Å². The smallest absolute Gasteiger partial charge is 0.264 e. The van der Waals surface area contributed by atoms with Gasteiger partial charge in [-0.2, -0.15) is 4.31 Å². The molecule has 13 heteroatoms. The van der Waals surface area contributed by atoms with Gasteiger partial charge in [-0.1, -0.05) is 0 Å². The first-order chi connectivity index (χ1) is 19.1. The summed E-state index contributed by atoms with van der Waals surface area (Å²) in [4.78, 5) is 12.8. The van der Waals surface area contributed by atoms with Gasteiger partial charge in [-0.25, -0.2) is 21.2 Å². The molecule has 0 bridgehead atoms. The molecule has 0 radical (unpaired) electrons. The van der Waals surface area contributed by atoms with Crippen LogP contribution in [0.3, 0.4) is 0 Å². The minimum absolute atomic E-state index is 0.0612. The van der Waals surface area contributed by atoms with Crippen LogP contribution in [0.25, 0.3) is 0 Å². The van der Waals surface area contributed by atoms with Crippen LogP contribution in [0.1, 0.15) is 12.8 Å². The Labute approximate surface area is 233 Å². The molecule has 0 unspecified atom stereocenters. The van der Waals surface area contributed by atoms with E-state index >= 15 is 0 Å². The fourth-order valence-corrected chi connectivity index (χ4v) is 7.07. The van der Waals surface area contributed by atoms with Gasteiger partial charge < -0.3 is 14.8 Å². The molecule has 1 fully saturated rings. The summed E-state index contributed by atoms with van der Waals surface area (Å²) in [5.41, 5.74) is 0.118. The zero-order valence-electron chi connectivity index (χ0n) is 21.8. The Morgan fingerprint density at radius 1 is 0.875 bits per heavy atom. The lowest BCUT2D eigenvalue weighted by Gasteiger charge is -2.24. The highest BCUT2D eigenvalue weighted by atomic mass is 32.2. The lowest BCUT2D eigenvalue weighted by Crippen LogP contribution is -2.41. The Hall–Kier alpha value is -3.68. The van der Waals surface area contributed by atoms with Crippen molar-refractivity contribution >= 4 is 31.6 Å². The normalized spacial score (nSPS) is 14.1. The molecule has 0 saturated carbocycles. The van der Waals surface area contributed by atoms with Gasteiger partial charge in [0.2, 0.25) is 15.9 Å². The van der Waals surface area contributed by atoms with Crippen LogP contribution in [0, 0.1) is 5.82 Å². The molecule has 3 aromatic rings. The maximum atomic E-state index is 13.5. The van der Waals surface area contributed by atoms with Gasteiger partial charge in [0.25, 0.3) is 10.0 Å². The minimum atomic E-state index is -4.17. The summed E-state index contributed by atoms with van der Waals surface area (Å²) in [5.74, 6) is -0.261. The molecule has 0 spiro atoms. The number of nitrogens with one attached hydrogen (secondary N) is 1. The van der Waals surface area contributed by atoms with Crippen LogP contribution in [0.15, 0.2) is 82.6 Å². The molecule has 4 rings (SSSR count). The number of carbonyl (C=O) groups excluding carboxylic acids is 1. The van der Waals surface area contributed by atoms with Crippen LogP contribution in [0.5, 0.6) is 11.5 Å². The SMILES string of the molecule is COc1ccc(S(=O)(=O)N(CC(=O)NCCOc2ccc(S(=O)(=O)N3CCCC3)cc2)c2ccc(F)cc2)cc1. The topological polar surface area (TPSA) is 122 Å². The van der Waals surface area contributed by atoms with E-state index in [-0.39, 0.29) is 28.6 Å². The van der Waals surface area contributed by atoms with Gasteiger partial charge in [0.1, 0.15) is 30.5 Å². The second kappa shape index (κ2) is 12.7. The predicted molar refractivity (Wildman–Crippen MR) is 147 cm³/mol. The number of ether oxygens (including phenoxy) is 2. The number of benzene rings is 3. The summed E-state index contributed by atoms with van der Waals surface area (Å²) in [6.45, 7) is 0.599. The van der Waals surface area contributed by atoms with Crippen LogP contribution < -0.4 is 19.1 Å². The highest BCUT2D eigenvalue weighted by Gasteiger charge is 2.28. The zero-order valence-corrected chi connectivity index (χ0v) is 23.5. The standard InChI is InChI=1S/C27H30FN3O7S2/c1-37-23-8-12-26(13-9-23)40(35,36)31(22-6-4-21(28)5-7-22)20-27(32)29-16-19-38-24-10-14-25(15-11-24)39(33,34)30-17-2-3-18-30/h4-15H,2-3,16-20H2,1H3,(H,29,32). The number of amides is 1. The Bertz CT molecular complexity index is 1510. The van der Waals surface area contributed by atoms with Gasteiger partial charge in [0.15, 0.2) is 0 Å². The zero-order chi connectivity index (χ0) is 28.8. The molecular weight excluding hydrogens is 561 g/mol. The molecule has 214 valence electrons. The van der Waals surface area contributed by atoms with Gasteiger partial charge in [-0.3, -0.25) is 9.10 Å². The number of anilines is 1. The van der Waals surface area contributed by atoms with E-state index < -0.39 is 38.3 Å². The van der Waals surface area contributed by atoms with Gasteiger partial charge in [0, 0.05) is 13.1 Å². The Balaban J connectivity index is 1.36. The fraction of sp³-hybridized carbons (Fsp3) is 0.296. The summed E-state index contributed by atoms with van der Waals surface area (Å²) in [5, 5.41) is 2.61. The third-order valence-corrected chi connectivity index (χ3v) is 9.97. The van der Waals surface area contributed by atoms with Crippen molar-refractivity contribution in [1.82, 2.24) is 9.62 Å². The van der Waals surface area contributed by atoms with Crippen molar-refractivity contribution in [2.45, 2.75) is 22.6 Å². The van der Waals surface area contributed by atoms with E-state index in [0.29, 0.717) is 24.6 Å². The number of hydrogen-bond acceptors (Lipinski definition) is 7. The Morgan fingerprint density at radius 3 is 2.05 bits per heavy atom. The number of carbonyl (C=O) groups is 1. The van der Waals surface area contributed by atoms with Crippen molar-refractivity contribution in [2.24, 2.45) is 0 Å². The summed E-state index contributed by atoms with van der Waals surface area (Å²) in [6.07, 6.45) is 1.70. The molecule has 1 heterocycles. The fourth-order valence-electron chi connectivity index (χ4n) is 4.13. The van der Waals surface area contributed by atoms with Gasteiger partial charge in [0.05, 0.1) is 29.1 Å².